The number of hydrogen-bond donors (Lipinski definition) is 1. The number of hydrogen-bond acceptors (Lipinski definition) is 4. The van der Waals surface area contributed by atoms with Crippen molar-refractivity contribution in [3.63, 3.8) is 0 Å². The van der Waals surface area contributed by atoms with Crippen LogP contribution in [0.15, 0.2) is 42.5 Å². The van der Waals surface area contributed by atoms with Crippen molar-refractivity contribution in [3.8, 4) is 17.6 Å². The van der Waals surface area contributed by atoms with E-state index in [1.165, 1.54) is 0 Å². The third-order valence-electron chi connectivity index (χ3n) is 3.20. The molecule has 1 heterocycles. The van der Waals surface area contributed by atoms with Crippen LogP contribution in [0.1, 0.15) is 11.1 Å². The standard InChI is InChI=1S/C16H14N2O2/c17-9-8-12-4-6-14(7-5-12)18-10-13-2-1-3-15-16(13)20-11-19-15/h1-7,18H,8,10-11H2. The highest BCUT2D eigenvalue weighted by Gasteiger charge is 2.16. The van der Waals surface area contributed by atoms with Crippen molar-refractivity contribution in [2.45, 2.75) is 13.0 Å². The summed E-state index contributed by atoms with van der Waals surface area (Å²) in [4.78, 5) is 0. The number of para-hydroxylation sites is 1. The second-order valence-corrected chi connectivity index (χ2v) is 4.54. The van der Waals surface area contributed by atoms with E-state index >= 15 is 0 Å². The van der Waals surface area contributed by atoms with E-state index < -0.39 is 0 Å². The molecular weight excluding hydrogens is 252 g/mol. The highest BCUT2D eigenvalue weighted by Crippen LogP contribution is 2.35. The Labute approximate surface area is 117 Å². The van der Waals surface area contributed by atoms with Crippen LogP contribution in [0.5, 0.6) is 11.5 Å². The van der Waals surface area contributed by atoms with Crippen LogP contribution in [0.25, 0.3) is 0 Å². The van der Waals surface area contributed by atoms with Gasteiger partial charge in [0, 0.05) is 17.8 Å². The normalized spacial score (nSPS) is 11.9. The van der Waals surface area contributed by atoms with Gasteiger partial charge in [0.05, 0.1) is 12.5 Å². The number of fused-ring (bicyclic) bond motifs is 1. The Morgan fingerprint density at radius 3 is 2.75 bits per heavy atom. The lowest BCUT2D eigenvalue weighted by Gasteiger charge is -2.09. The predicted molar refractivity (Wildman–Crippen MR) is 75.7 cm³/mol. The molecule has 0 radical (unpaired) electrons. The molecule has 1 aliphatic heterocycles. The van der Waals surface area contributed by atoms with Gasteiger partial charge < -0.3 is 14.8 Å². The number of nitrogens with one attached hydrogen (secondary N) is 1. The van der Waals surface area contributed by atoms with Gasteiger partial charge in [0.1, 0.15) is 0 Å². The zero-order chi connectivity index (χ0) is 13.8. The van der Waals surface area contributed by atoms with Crippen LogP contribution in [0.3, 0.4) is 0 Å². The molecule has 3 rings (SSSR count). The van der Waals surface area contributed by atoms with Crippen LogP contribution in [0.4, 0.5) is 5.69 Å². The molecule has 0 saturated heterocycles. The van der Waals surface area contributed by atoms with E-state index in [2.05, 4.69) is 11.4 Å². The van der Waals surface area contributed by atoms with Crippen molar-refractivity contribution >= 4 is 5.69 Å². The van der Waals surface area contributed by atoms with Crippen molar-refractivity contribution in [1.82, 2.24) is 0 Å². The first-order chi connectivity index (χ1) is 9.86. The van der Waals surface area contributed by atoms with Crippen LogP contribution in [0, 0.1) is 11.3 Å². The maximum Gasteiger partial charge on any atom is 0.231 e. The van der Waals surface area contributed by atoms with Gasteiger partial charge in [0.25, 0.3) is 0 Å². The summed E-state index contributed by atoms with van der Waals surface area (Å²) in [5.74, 6) is 1.62. The van der Waals surface area contributed by atoms with E-state index in [0.29, 0.717) is 13.0 Å². The molecule has 0 unspecified atom stereocenters. The molecule has 0 saturated carbocycles. The Morgan fingerprint density at radius 1 is 1.10 bits per heavy atom. The third kappa shape index (κ3) is 2.52. The molecule has 0 fully saturated rings. The summed E-state index contributed by atoms with van der Waals surface area (Å²) >= 11 is 0. The van der Waals surface area contributed by atoms with E-state index in [1.54, 1.807) is 0 Å². The molecule has 0 bridgehead atoms. The molecule has 2 aromatic rings. The van der Waals surface area contributed by atoms with Crippen molar-refractivity contribution < 1.29 is 9.47 Å². The minimum Gasteiger partial charge on any atom is -0.454 e. The highest BCUT2D eigenvalue weighted by molar-refractivity contribution is 5.51. The number of anilines is 1. The summed E-state index contributed by atoms with van der Waals surface area (Å²) in [6.45, 7) is 0.958. The van der Waals surface area contributed by atoms with Crippen LogP contribution in [0.2, 0.25) is 0 Å². The molecule has 0 atom stereocenters. The van der Waals surface area contributed by atoms with Gasteiger partial charge in [-0.25, -0.2) is 0 Å². The monoisotopic (exact) mass is 266 g/mol. The summed E-state index contributed by atoms with van der Waals surface area (Å²) in [7, 11) is 0. The number of nitriles is 1. The average Bonchev–Trinajstić information content (AvgIpc) is 2.96. The molecule has 1 aliphatic rings. The van der Waals surface area contributed by atoms with E-state index in [0.717, 1.165) is 28.3 Å². The maximum absolute atomic E-state index is 8.64. The lowest BCUT2D eigenvalue weighted by Crippen LogP contribution is -2.01. The van der Waals surface area contributed by atoms with Gasteiger partial charge in [0.2, 0.25) is 6.79 Å². The predicted octanol–water partition coefficient (Wildman–Crippen LogP) is 3.09. The summed E-state index contributed by atoms with van der Waals surface area (Å²) in [6, 6.07) is 15.9. The van der Waals surface area contributed by atoms with Gasteiger partial charge in [0.15, 0.2) is 11.5 Å². The SMILES string of the molecule is N#CCc1ccc(NCc2cccc3c2OCO3)cc1. The molecule has 100 valence electrons. The number of rotatable bonds is 4. The van der Waals surface area contributed by atoms with Crippen molar-refractivity contribution in [2.75, 3.05) is 12.1 Å². The minimum atomic E-state index is 0.287. The van der Waals surface area contributed by atoms with E-state index in [1.807, 2.05) is 42.5 Å². The summed E-state index contributed by atoms with van der Waals surface area (Å²) in [5.41, 5.74) is 3.11. The third-order valence-corrected chi connectivity index (χ3v) is 3.20. The number of ether oxygens (including phenoxy) is 2. The van der Waals surface area contributed by atoms with Gasteiger partial charge >= 0.3 is 0 Å². The van der Waals surface area contributed by atoms with Gasteiger partial charge in [-0.3, -0.25) is 0 Å². The topological polar surface area (TPSA) is 54.3 Å². The molecule has 1 N–H and O–H groups in total. The Balaban J connectivity index is 1.68. The lowest BCUT2D eigenvalue weighted by atomic mass is 10.1. The molecule has 4 nitrogen and oxygen atoms in total. The number of benzene rings is 2. The van der Waals surface area contributed by atoms with E-state index in [9.17, 15) is 0 Å². The van der Waals surface area contributed by atoms with Gasteiger partial charge in [-0.2, -0.15) is 5.26 Å². The molecule has 0 amide bonds. The fourth-order valence-electron chi connectivity index (χ4n) is 2.16. The van der Waals surface area contributed by atoms with Crippen molar-refractivity contribution in [3.05, 3.63) is 53.6 Å². The van der Waals surface area contributed by atoms with Gasteiger partial charge in [-0.1, -0.05) is 24.3 Å². The van der Waals surface area contributed by atoms with Crippen molar-refractivity contribution in [2.24, 2.45) is 0 Å². The molecule has 4 heteroatoms. The largest absolute Gasteiger partial charge is 0.454 e. The first-order valence-corrected chi connectivity index (χ1v) is 6.44. The van der Waals surface area contributed by atoms with Crippen LogP contribution in [-0.2, 0) is 13.0 Å². The summed E-state index contributed by atoms with van der Waals surface area (Å²) in [6.07, 6.45) is 0.442. The first kappa shape index (κ1) is 12.4. The van der Waals surface area contributed by atoms with Gasteiger partial charge in [-0.05, 0) is 23.8 Å². The Kier molecular flexibility index (Phi) is 3.42. The molecule has 0 spiro atoms. The number of nitrogens with zero attached hydrogens (tertiary/aromatic N) is 1. The summed E-state index contributed by atoms with van der Waals surface area (Å²) in [5, 5.41) is 12.0. The second-order valence-electron chi connectivity index (χ2n) is 4.54. The smallest absolute Gasteiger partial charge is 0.231 e. The zero-order valence-corrected chi connectivity index (χ0v) is 10.9. The van der Waals surface area contributed by atoms with Gasteiger partial charge in [-0.15, -0.1) is 0 Å². The molecule has 0 aliphatic carbocycles. The quantitative estimate of drug-likeness (QED) is 0.924. The second kappa shape index (κ2) is 5.54. The zero-order valence-electron chi connectivity index (χ0n) is 10.9. The van der Waals surface area contributed by atoms with Crippen LogP contribution < -0.4 is 14.8 Å². The van der Waals surface area contributed by atoms with Crippen LogP contribution >= 0.6 is 0 Å². The lowest BCUT2D eigenvalue weighted by molar-refractivity contribution is 0.173. The molecular formula is C16H14N2O2. The average molecular weight is 266 g/mol. The Hall–Kier alpha value is -2.67. The fourth-order valence-corrected chi connectivity index (χ4v) is 2.16. The molecule has 20 heavy (non-hydrogen) atoms. The Morgan fingerprint density at radius 2 is 1.95 bits per heavy atom. The molecule has 0 aromatic heterocycles. The fraction of sp³-hybridized carbons (Fsp3) is 0.188. The Bertz CT molecular complexity index is 645. The molecule has 2 aromatic carbocycles. The highest BCUT2D eigenvalue weighted by atomic mass is 16.7. The van der Waals surface area contributed by atoms with E-state index in [4.69, 9.17) is 14.7 Å². The minimum absolute atomic E-state index is 0.287. The maximum atomic E-state index is 8.64. The van der Waals surface area contributed by atoms with Crippen LogP contribution in [-0.4, -0.2) is 6.79 Å². The van der Waals surface area contributed by atoms with Crippen molar-refractivity contribution in [1.29, 1.82) is 5.26 Å². The summed E-state index contributed by atoms with van der Waals surface area (Å²) < 4.78 is 10.8. The van der Waals surface area contributed by atoms with E-state index in [-0.39, 0.29) is 6.79 Å². The first-order valence-electron chi connectivity index (χ1n) is 6.44.